The van der Waals surface area contributed by atoms with Crippen molar-refractivity contribution in [3.63, 3.8) is 0 Å². The molecule has 1 aromatic rings. The number of hydrogen-bond donors (Lipinski definition) is 1. The van der Waals surface area contributed by atoms with Crippen LogP contribution in [0.15, 0.2) is 24.3 Å². The van der Waals surface area contributed by atoms with Gasteiger partial charge in [-0.3, -0.25) is 9.59 Å². The highest BCUT2D eigenvalue weighted by Crippen LogP contribution is 2.47. The second kappa shape index (κ2) is 4.81. The molecule has 2 atom stereocenters. The molecule has 0 spiro atoms. The highest BCUT2D eigenvalue weighted by molar-refractivity contribution is 5.88. The first-order valence-corrected chi connectivity index (χ1v) is 6.80. The molecule has 5 heteroatoms. The zero-order chi connectivity index (χ0) is 14.3. The van der Waals surface area contributed by atoms with Gasteiger partial charge < -0.3 is 14.7 Å². The number of carbonyl (C=O) groups is 2. The van der Waals surface area contributed by atoms with Crippen LogP contribution in [0.2, 0.25) is 0 Å². The maximum absolute atomic E-state index is 12.2. The Hall–Kier alpha value is -2.04. The maximum Gasteiger partial charge on any atom is 0.309 e. The quantitative estimate of drug-likeness (QED) is 0.910. The lowest BCUT2D eigenvalue weighted by molar-refractivity contribution is -0.142. The van der Waals surface area contributed by atoms with Crippen molar-refractivity contribution in [3.05, 3.63) is 29.8 Å². The van der Waals surface area contributed by atoms with Crippen LogP contribution in [-0.2, 0) is 9.59 Å². The van der Waals surface area contributed by atoms with Gasteiger partial charge in [0.2, 0.25) is 5.91 Å². The molecule has 0 bridgehead atoms. The summed E-state index contributed by atoms with van der Waals surface area (Å²) >= 11 is 0. The van der Waals surface area contributed by atoms with Crippen molar-refractivity contribution in [2.45, 2.75) is 31.3 Å². The monoisotopic (exact) mass is 275 g/mol. The summed E-state index contributed by atoms with van der Waals surface area (Å²) in [7, 11) is 1.56. The van der Waals surface area contributed by atoms with E-state index in [1.165, 1.54) is 0 Å². The molecule has 20 heavy (non-hydrogen) atoms. The molecular formula is C15H17NO4. The molecule has 1 saturated heterocycles. The molecule has 1 N–H and O–H groups in total. The van der Waals surface area contributed by atoms with Crippen LogP contribution in [0, 0.1) is 5.92 Å². The summed E-state index contributed by atoms with van der Waals surface area (Å²) in [5.74, 6) is -1.03. The SMILES string of the molecule is COc1ccccc1[C@@H]1[C@@H](C(=O)O)CC(=O)N1C1CC1. The standard InChI is InChI=1S/C15H17NO4/c1-20-12-5-3-2-4-10(12)14-11(15(18)19)8-13(17)16(14)9-6-7-9/h2-5,9,11,14H,6-8H2,1H3,(H,18,19)/t11-,14+/m0/s1. The van der Waals surface area contributed by atoms with Crippen LogP contribution in [-0.4, -0.2) is 35.0 Å². The van der Waals surface area contributed by atoms with E-state index in [4.69, 9.17) is 4.74 Å². The Labute approximate surface area is 117 Å². The highest BCUT2D eigenvalue weighted by atomic mass is 16.5. The summed E-state index contributed by atoms with van der Waals surface area (Å²) in [4.78, 5) is 25.4. The fraction of sp³-hybridized carbons (Fsp3) is 0.467. The maximum atomic E-state index is 12.2. The molecular weight excluding hydrogens is 258 g/mol. The van der Waals surface area contributed by atoms with Crippen molar-refractivity contribution in [2.24, 2.45) is 5.92 Å². The minimum Gasteiger partial charge on any atom is -0.496 e. The molecule has 2 aliphatic rings. The zero-order valence-corrected chi connectivity index (χ0v) is 11.3. The fourth-order valence-corrected chi connectivity index (χ4v) is 3.04. The Balaban J connectivity index is 2.05. The number of carboxylic acid groups (broad SMARTS) is 1. The predicted octanol–water partition coefficient (Wildman–Crippen LogP) is 1.83. The van der Waals surface area contributed by atoms with Crippen LogP contribution in [0.1, 0.15) is 30.9 Å². The average Bonchev–Trinajstić information content (AvgIpc) is 3.21. The van der Waals surface area contributed by atoms with Crippen molar-refractivity contribution in [3.8, 4) is 5.75 Å². The van der Waals surface area contributed by atoms with E-state index in [9.17, 15) is 14.7 Å². The van der Waals surface area contributed by atoms with E-state index >= 15 is 0 Å². The summed E-state index contributed by atoms with van der Waals surface area (Å²) < 4.78 is 5.34. The van der Waals surface area contributed by atoms with Gasteiger partial charge in [0.1, 0.15) is 5.75 Å². The van der Waals surface area contributed by atoms with E-state index in [0.29, 0.717) is 5.75 Å². The van der Waals surface area contributed by atoms with Gasteiger partial charge in [0.05, 0.1) is 19.1 Å². The van der Waals surface area contributed by atoms with Gasteiger partial charge in [-0.1, -0.05) is 18.2 Å². The van der Waals surface area contributed by atoms with Crippen molar-refractivity contribution in [1.29, 1.82) is 0 Å². The lowest BCUT2D eigenvalue weighted by Gasteiger charge is -2.28. The molecule has 1 aromatic carbocycles. The lowest BCUT2D eigenvalue weighted by Crippen LogP contribution is -2.32. The molecule has 1 heterocycles. The Morgan fingerprint density at radius 1 is 1.35 bits per heavy atom. The average molecular weight is 275 g/mol. The largest absolute Gasteiger partial charge is 0.496 e. The van der Waals surface area contributed by atoms with Gasteiger partial charge in [-0.05, 0) is 18.9 Å². The van der Waals surface area contributed by atoms with Gasteiger partial charge in [0.15, 0.2) is 0 Å². The van der Waals surface area contributed by atoms with Gasteiger partial charge in [-0.15, -0.1) is 0 Å². The van der Waals surface area contributed by atoms with Gasteiger partial charge in [-0.25, -0.2) is 0 Å². The summed E-state index contributed by atoms with van der Waals surface area (Å²) in [5.41, 5.74) is 0.792. The molecule has 5 nitrogen and oxygen atoms in total. The third kappa shape index (κ3) is 2.03. The number of para-hydroxylation sites is 1. The molecule has 1 aliphatic heterocycles. The molecule has 1 amide bonds. The number of ether oxygens (including phenoxy) is 1. The van der Waals surface area contributed by atoms with Gasteiger partial charge in [-0.2, -0.15) is 0 Å². The van der Waals surface area contributed by atoms with Crippen LogP contribution in [0.5, 0.6) is 5.75 Å². The number of likely N-dealkylation sites (tertiary alicyclic amines) is 1. The Kier molecular flexibility index (Phi) is 3.12. The minimum absolute atomic E-state index is 0.0594. The van der Waals surface area contributed by atoms with Crippen LogP contribution in [0.4, 0.5) is 0 Å². The third-order valence-corrected chi connectivity index (χ3v) is 4.08. The van der Waals surface area contributed by atoms with Crippen molar-refractivity contribution < 1.29 is 19.4 Å². The summed E-state index contributed by atoms with van der Waals surface area (Å²) in [6.07, 6.45) is 2.00. The first kappa shape index (κ1) is 13.0. The predicted molar refractivity (Wildman–Crippen MR) is 71.3 cm³/mol. The Morgan fingerprint density at radius 3 is 2.65 bits per heavy atom. The first-order chi connectivity index (χ1) is 9.63. The van der Waals surface area contributed by atoms with E-state index in [2.05, 4.69) is 0 Å². The van der Waals surface area contributed by atoms with E-state index in [0.717, 1.165) is 18.4 Å². The Bertz CT molecular complexity index is 553. The van der Waals surface area contributed by atoms with Gasteiger partial charge in [0, 0.05) is 18.0 Å². The molecule has 1 saturated carbocycles. The number of methoxy groups -OCH3 is 1. The molecule has 0 unspecified atom stereocenters. The fourth-order valence-electron chi connectivity index (χ4n) is 3.04. The number of rotatable bonds is 4. The number of amides is 1. The molecule has 0 aromatic heterocycles. The second-order valence-electron chi connectivity index (χ2n) is 5.37. The van der Waals surface area contributed by atoms with Crippen LogP contribution in [0.3, 0.4) is 0 Å². The molecule has 106 valence electrons. The lowest BCUT2D eigenvalue weighted by atomic mass is 9.93. The molecule has 2 fully saturated rings. The topological polar surface area (TPSA) is 66.8 Å². The smallest absolute Gasteiger partial charge is 0.309 e. The van der Waals surface area contributed by atoms with Crippen molar-refractivity contribution in [2.75, 3.05) is 7.11 Å². The zero-order valence-electron chi connectivity index (χ0n) is 11.3. The Morgan fingerprint density at radius 2 is 2.05 bits per heavy atom. The third-order valence-electron chi connectivity index (χ3n) is 4.08. The van der Waals surface area contributed by atoms with Crippen LogP contribution < -0.4 is 4.74 Å². The highest BCUT2D eigenvalue weighted by Gasteiger charge is 2.50. The summed E-state index contributed by atoms with van der Waals surface area (Å²) in [6.45, 7) is 0. The van der Waals surface area contributed by atoms with E-state index < -0.39 is 17.9 Å². The van der Waals surface area contributed by atoms with E-state index in [1.807, 2.05) is 24.3 Å². The first-order valence-electron chi connectivity index (χ1n) is 6.80. The van der Waals surface area contributed by atoms with E-state index in [1.54, 1.807) is 12.0 Å². The normalized spacial score (nSPS) is 25.9. The molecule has 0 radical (unpaired) electrons. The van der Waals surface area contributed by atoms with Gasteiger partial charge >= 0.3 is 5.97 Å². The number of hydrogen-bond acceptors (Lipinski definition) is 3. The minimum atomic E-state index is -0.919. The number of benzene rings is 1. The number of nitrogens with zero attached hydrogens (tertiary/aromatic N) is 1. The number of carboxylic acids is 1. The van der Waals surface area contributed by atoms with Crippen LogP contribution >= 0.6 is 0 Å². The van der Waals surface area contributed by atoms with Gasteiger partial charge in [0.25, 0.3) is 0 Å². The summed E-state index contributed by atoms with van der Waals surface area (Å²) in [6, 6.07) is 7.14. The number of carbonyl (C=O) groups excluding carboxylic acids is 1. The van der Waals surface area contributed by atoms with E-state index in [-0.39, 0.29) is 18.4 Å². The molecule has 1 aliphatic carbocycles. The second-order valence-corrected chi connectivity index (χ2v) is 5.37. The summed E-state index contributed by atoms with van der Waals surface area (Å²) in [5, 5.41) is 9.43. The number of aliphatic carboxylic acids is 1. The van der Waals surface area contributed by atoms with Crippen LogP contribution in [0.25, 0.3) is 0 Å². The van der Waals surface area contributed by atoms with Crippen molar-refractivity contribution >= 4 is 11.9 Å². The molecule has 3 rings (SSSR count). The van der Waals surface area contributed by atoms with Crippen molar-refractivity contribution in [1.82, 2.24) is 4.90 Å².